The predicted octanol–water partition coefficient (Wildman–Crippen LogP) is 5.06. The quantitative estimate of drug-likeness (QED) is 0.439. The third-order valence-electron chi connectivity index (χ3n) is 6.93. The van der Waals surface area contributed by atoms with E-state index in [1.165, 1.54) is 28.6 Å². The van der Waals surface area contributed by atoms with E-state index in [1.54, 1.807) is 0 Å². The summed E-state index contributed by atoms with van der Waals surface area (Å²) in [6, 6.07) is 21.5. The first-order chi connectivity index (χ1) is 16.7. The Kier molecular flexibility index (Phi) is 5.69. The van der Waals surface area contributed by atoms with Crippen molar-refractivity contribution in [1.29, 1.82) is 0 Å². The molecule has 1 aromatic heterocycles. The molecule has 1 saturated heterocycles. The van der Waals surface area contributed by atoms with E-state index in [2.05, 4.69) is 51.2 Å². The zero-order valence-electron chi connectivity index (χ0n) is 19.1. The number of H-pyrrole nitrogens is 1. The van der Waals surface area contributed by atoms with Crippen LogP contribution in [0, 0.1) is 5.82 Å². The van der Waals surface area contributed by atoms with Gasteiger partial charge in [-0.1, -0.05) is 24.3 Å². The van der Waals surface area contributed by atoms with Gasteiger partial charge in [-0.3, -0.25) is 4.90 Å². The Labute approximate surface area is 198 Å². The second kappa shape index (κ2) is 9.12. The summed E-state index contributed by atoms with van der Waals surface area (Å²) in [6.07, 6.45) is 0.957. The second-order valence-corrected chi connectivity index (χ2v) is 9.09. The molecule has 6 heteroatoms. The third-order valence-corrected chi connectivity index (χ3v) is 6.93. The molecule has 174 valence electrons. The van der Waals surface area contributed by atoms with Gasteiger partial charge in [0, 0.05) is 55.9 Å². The number of aromatic amines is 1. The van der Waals surface area contributed by atoms with Crippen molar-refractivity contribution in [1.82, 2.24) is 14.8 Å². The van der Waals surface area contributed by atoms with Gasteiger partial charge in [0.1, 0.15) is 5.82 Å². The SMILES string of the molecule is Fc1ccc(-c2[nH]c3ccccc3c2CCN2CCN(Cc3ccc4c(c3)OCO4)CC2)cc1. The molecule has 4 aromatic rings. The lowest BCUT2D eigenvalue weighted by Gasteiger charge is -2.34. The Bertz CT molecular complexity index is 1290. The van der Waals surface area contributed by atoms with E-state index in [4.69, 9.17) is 9.47 Å². The van der Waals surface area contributed by atoms with Crippen LogP contribution in [0.2, 0.25) is 0 Å². The number of aromatic nitrogens is 1. The van der Waals surface area contributed by atoms with Crippen LogP contribution in [0.5, 0.6) is 11.5 Å². The van der Waals surface area contributed by atoms with Crippen LogP contribution in [-0.4, -0.2) is 54.3 Å². The van der Waals surface area contributed by atoms with E-state index in [9.17, 15) is 4.39 Å². The van der Waals surface area contributed by atoms with Gasteiger partial charge in [0.25, 0.3) is 0 Å². The van der Waals surface area contributed by atoms with Crippen molar-refractivity contribution >= 4 is 10.9 Å². The van der Waals surface area contributed by atoms with Gasteiger partial charge in [-0.15, -0.1) is 0 Å². The molecule has 3 aromatic carbocycles. The molecule has 2 aliphatic rings. The van der Waals surface area contributed by atoms with Crippen molar-refractivity contribution in [2.24, 2.45) is 0 Å². The van der Waals surface area contributed by atoms with Crippen molar-refractivity contribution < 1.29 is 13.9 Å². The molecule has 0 radical (unpaired) electrons. The number of hydrogen-bond acceptors (Lipinski definition) is 4. The molecule has 0 atom stereocenters. The number of ether oxygens (including phenoxy) is 2. The van der Waals surface area contributed by atoms with E-state index >= 15 is 0 Å². The fraction of sp³-hybridized carbons (Fsp3) is 0.286. The molecule has 3 heterocycles. The van der Waals surface area contributed by atoms with Gasteiger partial charge in [0.15, 0.2) is 11.5 Å². The molecule has 5 nitrogen and oxygen atoms in total. The topological polar surface area (TPSA) is 40.7 Å². The lowest BCUT2D eigenvalue weighted by molar-refractivity contribution is 0.128. The molecule has 2 aliphatic heterocycles. The van der Waals surface area contributed by atoms with Crippen molar-refractivity contribution in [3.05, 3.63) is 83.7 Å². The predicted molar refractivity (Wildman–Crippen MR) is 132 cm³/mol. The highest BCUT2D eigenvalue weighted by molar-refractivity contribution is 5.90. The largest absolute Gasteiger partial charge is 0.454 e. The zero-order chi connectivity index (χ0) is 22.9. The van der Waals surface area contributed by atoms with Crippen LogP contribution in [0.25, 0.3) is 22.2 Å². The first-order valence-corrected chi connectivity index (χ1v) is 11.9. The van der Waals surface area contributed by atoms with Crippen molar-refractivity contribution in [2.75, 3.05) is 39.5 Å². The fourth-order valence-corrected chi connectivity index (χ4v) is 5.06. The molecule has 0 amide bonds. The average molecular weight is 458 g/mol. The number of halogens is 1. The molecular weight excluding hydrogens is 429 g/mol. The zero-order valence-corrected chi connectivity index (χ0v) is 19.1. The Balaban J connectivity index is 1.11. The van der Waals surface area contributed by atoms with Crippen LogP contribution >= 0.6 is 0 Å². The minimum atomic E-state index is -0.208. The summed E-state index contributed by atoms with van der Waals surface area (Å²) in [6.45, 7) is 6.46. The Hall–Kier alpha value is -3.35. The molecule has 0 saturated carbocycles. The molecule has 34 heavy (non-hydrogen) atoms. The number of rotatable bonds is 6. The summed E-state index contributed by atoms with van der Waals surface area (Å²) in [5, 5.41) is 1.25. The monoisotopic (exact) mass is 457 g/mol. The third kappa shape index (κ3) is 4.27. The Morgan fingerprint density at radius 3 is 2.44 bits per heavy atom. The van der Waals surface area contributed by atoms with Crippen molar-refractivity contribution in [3.8, 4) is 22.8 Å². The molecular formula is C28H28FN3O2. The molecule has 0 unspecified atom stereocenters. The van der Waals surface area contributed by atoms with Crippen LogP contribution in [0.1, 0.15) is 11.1 Å². The highest BCUT2D eigenvalue weighted by atomic mass is 19.1. The van der Waals surface area contributed by atoms with Gasteiger partial charge in [-0.25, -0.2) is 4.39 Å². The van der Waals surface area contributed by atoms with Crippen LogP contribution in [0.4, 0.5) is 4.39 Å². The lowest BCUT2D eigenvalue weighted by Crippen LogP contribution is -2.46. The van der Waals surface area contributed by atoms with Gasteiger partial charge in [-0.2, -0.15) is 0 Å². The standard InChI is InChI=1S/C28H28FN3O2/c29-22-8-6-21(7-9-22)28-24(23-3-1-2-4-25(23)30-28)11-12-31-13-15-32(16-14-31)18-20-5-10-26-27(17-20)34-19-33-26/h1-10,17,30H,11-16,18-19H2. The van der Waals surface area contributed by atoms with Gasteiger partial charge < -0.3 is 19.4 Å². The van der Waals surface area contributed by atoms with Crippen molar-refractivity contribution in [2.45, 2.75) is 13.0 Å². The summed E-state index contributed by atoms with van der Waals surface area (Å²) < 4.78 is 24.4. The van der Waals surface area contributed by atoms with Gasteiger partial charge in [-0.05, 0) is 65.6 Å². The maximum Gasteiger partial charge on any atom is 0.231 e. The average Bonchev–Trinajstić information content (AvgIpc) is 3.48. The van der Waals surface area contributed by atoms with E-state index in [0.717, 1.165) is 74.0 Å². The number of piperazine rings is 1. The number of benzene rings is 3. The number of hydrogen-bond donors (Lipinski definition) is 1. The molecule has 0 bridgehead atoms. The summed E-state index contributed by atoms with van der Waals surface area (Å²) in [4.78, 5) is 8.62. The van der Waals surface area contributed by atoms with Crippen LogP contribution in [0.15, 0.2) is 66.7 Å². The minimum Gasteiger partial charge on any atom is -0.454 e. The fourth-order valence-electron chi connectivity index (χ4n) is 5.06. The summed E-state index contributed by atoms with van der Waals surface area (Å²) in [5.74, 6) is 1.48. The molecule has 0 aliphatic carbocycles. The van der Waals surface area contributed by atoms with Crippen molar-refractivity contribution in [3.63, 3.8) is 0 Å². The second-order valence-electron chi connectivity index (χ2n) is 9.09. The highest BCUT2D eigenvalue weighted by Crippen LogP contribution is 2.33. The summed E-state index contributed by atoms with van der Waals surface area (Å²) >= 11 is 0. The number of para-hydroxylation sites is 1. The van der Waals surface area contributed by atoms with E-state index in [1.807, 2.05) is 18.2 Å². The maximum atomic E-state index is 13.5. The highest BCUT2D eigenvalue weighted by Gasteiger charge is 2.20. The number of fused-ring (bicyclic) bond motifs is 2. The van der Waals surface area contributed by atoms with Gasteiger partial charge in [0.2, 0.25) is 6.79 Å². The van der Waals surface area contributed by atoms with Crippen LogP contribution in [0.3, 0.4) is 0 Å². The van der Waals surface area contributed by atoms with Crippen LogP contribution < -0.4 is 9.47 Å². The van der Waals surface area contributed by atoms with Crippen LogP contribution in [-0.2, 0) is 13.0 Å². The summed E-state index contributed by atoms with van der Waals surface area (Å²) in [7, 11) is 0. The number of nitrogens with zero attached hydrogens (tertiary/aromatic N) is 2. The lowest BCUT2D eigenvalue weighted by atomic mass is 10.0. The molecule has 1 N–H and O–H groups in total. The first kappa shape index (κ1) is 21.2. The summed E-state index contributed by atoms with van der Waals surface area (Å²) in [5.41, 5.74) is 5.83. The van der Waals surface area contributed by atoms with Gasteiger partial charge in [0.05, 0.1) is 0 Å². The smallest absolute Gasteiger partial charge is 0.231 e. The molecule has 0 spiro atoms. The first-order valence-electron chi connectivity index (χ1n) is 11.9. The Morgan fingerprint density at radius 2 is 1.59 bits per heavy atom. The minimum absolute atomic E-state index is 0.208. The molecule has 6 rings (SSSR count). The normalized spacial score (nSPS) is 16.4. The number of nitrogens with one attached hydrogen (secondary N) is 1. The molecule has 1 fully saturated rings. The Morgan fingerprint density at radius 1 is 0.824 bits per heavy atom. The van der Waals surface area contributed by atoms with E-state index in [-0.39, 0.29) is 5.82 Å². The maximum absolute atomic E-state index is 13.5. The van der Waals surface area contributed by atoms with Gasteiger partial charge >= 0.3 is 0 Å². The van der Waals surface area contributed by atoms with E-state index < -0.39 is 0 Å². The van der Waals surface area contributed by atoms with E-state index in [0.29, 0.717) is 6.79 Å².